The molecule has 9 heteroatoms. The van der Waals surface area contributed by atoms with Gasteiger partial charge < -0.3 is 5.11 Å². The SMILES string of the molecule is CCn1c(SCc2ncncc2C(=O)O)n[nH]c1=O. The van der Waals surface area contributed by atoms with E-state index in [1.807, 2.05) is 6.92 Å². The first kappa shape index (κ1) is 13.3. The molecular weight excluding hydrogens is 270 g/mol. The van der Waals surface area contributed by atoms with Gasteiger partial charge in [0.25, 0.3) is 0 Å². The molecular formula is C10H11N5O3S. The molecule has 0 aliphatic rings. The molecule has 8 nitrogen and oxygen atoms in total. The van der Waals surface area contributed by atoms with Crippen LogP contribution in [0.25, 0.3) is 0 Å². The number of thioether (sulfide) groups is 1. The van der Waals surface area contributed by atoms with Crippen molar-refractivity contribution in [1.29, 1.82) is 0 Å². The summed E-state index contributed by atoms with van der Waals surface area (Å²) in [5, 5.41) is 15.7. The van der Waals surface area contributed by atoms with Gasteiger partial charge in [0.2, 0.25) is 0 Å². The zero-order chi connectivity index (χ0) is 13.8. The van der Waals surface area contributed by atoms with Gasteiger partial charge in [0.1, 0.15) is 11.9 Å². The Morgan fingerprint density at radius 3 is 3.05 bits per heavy atom. The fourth-order valence-corrected chi connectivity index (χ4v) is 2.45. The number of H-pyrrole nitrogens is 1. The molecule has 2 rings (SSSR count). The summed E-state index contributed by atoms with van der Waals surface area (Å²) in [5.41, 5.74) is 0.160. The van der Waals surface area contributed by atoms with E-state index >= 15 is 0 Å². The first-order chi connectivity index (χ1) is 9.13. The van der Waals surface area contributed by atoms with E-state index in [0.717, 1.165) is 0 Å². The maximum atomic E-state index is 11.4. The number of carbonyl (C=O) groups is 1. The lowest BCUT2D eigenvalue weighted by Gasteiger charge is -2.04. The molecule has 0 saturated carbocycles. The van der Waals surface area contributed by atoms with Gasteiger partial charge in [0.05, 0.1) is 5.69 Å². The molecule has 0 amide bonds. The Hall–Kier alpha value is -2.16. The van der Waals surface area contributed by atoms with Crippen molar-refractivity contribution in [1.82, 2.24) is 24.7 Å². The number of nitrogens with zero attached hydrogens (tertiary/aromatic N) is 4. The van der Waals surface area contributed by atoms with E-state index in [-0.39, 0.29) is 11.3 Å². The van der Waals surface area contributed by atoms with Crippen LogP contribution in [-0.2, 0) is 12.3 Å². The van der Waals surface area contributed by atoms with E-state index in [1.165, 1.54) is 28.9 Å². The predicted octanol–water partition coefficient (Wildman–Crippen LogP) is 0.372. The van der Waals surface area contributed by atoms with E-state index in [2.05, 4.69) is 20.2 Å². The second-order valence-corrected chi connectivity index (χ2v) is 4.48. The Labute approximate surface area is 111 Å². The quantitative estimate of drug-likeness (QED) is 0.761. The molecule has 0 saturated heterocycles. The molecule has 2 N–H and O–H groups in total. The van der Waals surface area contributed by atoms with Crippen LogP contribution in [0.3, 0.4) is 0 Å². The van der Waals surface area contributed by atoms with Gasteiger partial charge in [-0.1, -0.05) is 11.8 Å². The number of carboxylic acids is 1. The predicted molar refractivity (Wildman–Crippen MR) is 67.1 cm³/mol. The normalized spacial score (nSPS) is 10.6. The van der Waals surface area contributed by atoms with Gasteiger partial charge >= 0.3 is 11.7 Å². The molecule has 0 aliphatic carbocycles. The Morgan fingerprint density at radius 1 is 1.58 bits per heavy atom. The van der Waals surface area contributed by atoms with Gasteiger partial charge in [-0.3, -0.25) is 4.57 Å². The van der Waals surface area contributed by atoms with Gasteiger partial charge in [0, 0.05) is 18.5 Å². The smallest absolute Gasteiger partial charge is 0.343 e. The number of carboxylic acid groups (broad SMARTS) is 1. The molecule has 2 aromatic heterocycles. The van der Waals surface area contributed by atoms with Crippen molar-refractivity contribution in [2.75, 3.05) is 0 Å². The maximum Gasteiger partial charge on any atom is 0.343 e. The van der Waals surface area contributed by atoms with Gasteiger partial charge in [-0.2, -0.15) is 0 Å². The van der Waals surface area contributed by atoms with Gasteiger partial charge in [-0.15, -0.1) is 5.10 Å². The summed E-state index contributed by atoms with van der Waals surface area (Å²) < 4.78 is 1.46. The molecule has 0 fully saturated rings. The monoisotopic (exact) mass is 281 g/mol. The zero-order valence-corrected chi connectivity index (χ0v) is 10.8. The van der Waals surface area contributed by atoms with Crippen LogP contribution in [-0.4, -0.2) is 35.8 Å². The van der Waals surface area contributed by atoms with Crippen molar-refractivity contribution in [3.63, 3.8) is 0 Å². The molecule has 2 heterocycles. The largest absolute Gasteiger partial charge is 0.478 e. The highest BCUT2D eigenvalue weighted by atomic mass is 32.2. The lowest BCUT2D eigenvalue weighted by atomic mass is 10.2. The molecule has 0 atom stereocenters. The number of aromatic nitrogens is 5. The van der Waals surface area contributed by atoms with Crippen molar-refractivity contribution in [3.05, 3.63) is 34.3 Å². The molecule has 19 heavy (non-hydrogen) atoms. The number of aromatic carboxylic acids is 1. The third-order valence-corrected chi connectivity index (χ3v) is 3.39. The van der Waals surface area contributed by atoms with Crippen molar-refractivity contribution in [2.45, 2.75) is 24.4 Å². The molecule has 0 unspecified atom stereocenters. The van der Waals surface area contributed by atoms with Crippen molar-refractivity contribution in [2.24, 2.45) is 0 Å². The topological polar surface area (TPSA) is 114 Å². The minimum atomic E-state index is -1.08. The second-order valence-electron chi connectivity index (χ2n) is 3.53. The third-order valence-electron chi connectivity index (χ3n) is 2.40. The Balaban J connectivity index is 2.19. The molecule has 0 aromatic carbocycles. The molecule has 100 valence electrons. The number of hydrogen-bond acceptors (Lipinski definition) is 6. The third kappa shape index (κ3) is 2.81. The highest BCUT2D eigenvalue weighted by molar-refractivity contribution is 7.98. The Bertz CT molecular complexity index is 651. The molecule has 0 bridgehead atoms. The van der Waals surface area contributed by atoms with Crippen molar-refractivity contribution in [3.8, 4) is 0 Å². The minimum absolute atomic E-state index is 0.0518. The average molecular weight is 281 g/mol. The highest BCUT2D eigenvalue weighted by Crippen LogP contribution is 2.20. The summed E-state index contributed by atoms with van der Waals surface area (Å²) in [7, 11) is 0. The van der Waals surface area contributed by atoms with Gasteiger partial charge in [0.15, 0.2) is 5.16 Å². The number of rotatable bonds is 5. The highest BCUT2D eigenvalue weighted by Gasteiger charge is 2.13. The summed E-state index contributed by atoms with van der Waals surface area (Å²) in [6.45, 7) is 2.32. The lowest BCUT2D eigenvalue weighted by Crippen LogP contribution is -2.16. The fourth-order valence-electron chi connectivity index (χ4n) is 1.47. The van der Waals surface area contributed by atoms with Crippen molar-refractivity contribution < 1.29 is 9.90 Å². The summed E-state index contributed by atoms with van der Waals surface area (Å²) >= 11 is 1.24. The molecule has 0 spiro atoms. The number of hydrogen-bond donors (Lipinski definition) is 2. The van der Waals surface area contributed by atoms with Crippen LogP contribution in [0.1, 0.15) is 23.0 Å². The van der Waals surface area contributed by atoms with Crippen LogP contribution in [0.15, 0.2) is 22.5 Å². The van der Waals surface area contributed by atoms with E-state index < -0.39 is 5.97 Å². The van der Waals surface area contributed by atoms with E-state index in [9.17, 15) is 9.59 Å². The number of nitrogens with one attached hydrogen (secondary N) is 1. The second kappa shape index (κ2) is 5.65. The summed E-state index contributed by atoms with van der Waals surface area (Å²) in [5.74, 6) is -0.778. The van der Waals surface area contributed by atoms with E-state index in [1.54, 1.807) is 0 Å². The molecule has 0 aliphatic heterocycles. The van der Waals surface area contributed by atoms with Crippen LogP contribution < -0.4 is 5.69 Å². The number of aromatic amines is 1. The molecule has 0 radical (unpaired) electrons. The zero-order valence-electron chi connectivity index (χ0n) is 10.0. The standard InChI is InChI=1S/C10H11N5O3S/c1-2-15-9(18)13-14-10(15)19-4-7-6(8(16)17)3-11-5-12-7/h3,5H,2,4H2,1H3,(H,13,18)(H,16,17). The van der Waals surface area contributed by atoms with Gasteiger partial charge in [-0.25, -0.2) is 24.7 Å². The summed E-state index contributed by atoms with van der Waals surface area (Å²) in [6.07, 6.45) is 2.54. The Morgan fingerprint density at radius 2 is 2.37 bits per heavy atom. The van der Waals surface area contributed by atoms with Crippen LogP contribution in [0.2, 0.25) is 0 Å². The first-order valence-corrected chi connectivity index (χ1v) is 6.42. The van der Waals surface area contributed by atoms with Crippen LogP contribution >= 0.6 is 11.8 Å². The maximum absolute atomic E-state index is 11.4. The van der Waals surface area contributed by atoms with E-state index in [0.29, 0.717) is 23.1 Å². The van der Waals surface area contributed by atoms with Crippen LogP contribution in [0, 0.1) is 0 Å². The van der Waals surface area contributed by atoms with E-state index in [4.69, 9.17) is 5.11 Å². The fraction of sp³-hybridized carbons (Fsp3) is 0.300. The van der Waals surface area contributed by atoms with Crippen LogP contribution in [0.4, 0.5) is 0 Å². The van der Waals surface area contributed by atoms with Crippen molar-refractivity contribution >= 4 is 17.7 Å². The summed E-state index contributed by atoms with van der Waals surface area (Å²) in [4.78, 5) is 30.0. The molecule has 2 aromatic rings. The first-order valence-electron chi connectivity index (χ1n) is 5.43. The Kier molecular flexibility index (Phi) is 3.95. The lowest BCUT2D eigenvalue weighted by molar-refractivity contribution is 0.0695. The minimum Gasteiger partial charge on any atom is -0.478 e. The van der Waals surface area contributed by atoms with Gasteiger partial charge in [-0.05, 0) is 6.92 Å². The average Bonchev–Trinajstić information content (AvgIpc) is 2.77. The van der Waals surface area contributed by atoms with Crippen LogP contribution in [0.5, 0.6) is 0 Å². The summed E-state index contributed by atoms with van der Waals surface area (Å²) in [6, 6.07) is 0.